The third-order valence-corrected chi connectivity index (χ3v) is 4.88. The second kappa shape index (κ2) is 8.84. The Balaban J connectivity index is 1.77. The van der Waals surface area contributed by atoms with E-state index in [4.69, 9.17) is 17.0 Å². The van der Waals surface area contributed by atoms with Crippen molar-refractivity contribution in [3.63, 3.8) is 0 Å². The van der Waals surface area contributed by atoms with Crippen LogP contribution >= 0.6 is 12.2 Å². The first-order valence-corrected chi connectivity index (χ1v) is 9.57. The number of hydrogen-bond donors (Lipinski definition) is 1. The molecule has 0 aliphatic heterocycles. The molecule has 0 saturated heterocycles. The zero-order chi connectivity index (χ0) is 20.1. The highest BCUT2D eigenvalue weighted by atomic mass is 32.1. The standard InChI is InChI=1S/C21H24N4O2S/c1-4-27-18-11-9-16(10-12-18)20-22-23-21(28)25(20)14-19(26)24(3)13-17-8-6-5-7-15(17)2/h5-12H,4,13-14H2,1-3H3,(H,23,28). The summed E-state index contributed by atoms with van der Waals surface area (Å²) in [6, 6.07) is 15.6. The molecule has 1 aromatic heterocycles. The molecule has 0 saturated carbocycles. The zero-order valence-corrected chi connectivity index (χ0v) is 17.1. The number of hydrogen-bond acceptors (Lipinski definition) is 4. The number of likely N-dealkylation sites (N-methyl/N-ethyl adjacent to an activating group) is 1. The Kier molecular flexibility index (Phi) is 6.26. The van der Waals surface area contributed by atoms with Gasteiger partial charge in [-0.25, -0.2) is 0 Å². The molecule has 0 aliphatic carbocycles. The van der Waals surface area contributed by atoms with E-state index < -0.39 is 0 Å². The highest BCUT2D eigenvalue weighted by molar-refractivity contribution is 7.71. The van der Waals surface area contributed by atoms with Gasteiger partial charge in [0.1, 0.15) is 12.3 Å². The van der Waals surface area contributed by atoms with Crippen molar-refractivity contribution >= 4 is 18.1 Å². The zero-order valence-electron chi connectivity index (χ0n) is 16.3. The molecule has 0 aliphatic rings. The molecule has 0 radical (unpaired) electrons. The SMILES string of the molecule is CCOc1ccc(-c2n[nH]c(=S)n2CC(=O)N(C)Cc2ccccc2C)cc1. The number of benzene rings is 2. The Hall–Kier alpha value is -2.93. The number of ether oxygens (including phenoxy) is 1. The van der Waals surface area contributed by atoms with Crippen molar-refractivity contribution in [3.05, 3.63) is 64.4 Å². The maximum atomic E-state index is 12.8. The van der Waals surface area contributed by atoms with Crippen molar-refractivity contribution in [2.45, 2.75) is 26.9 Å². The summed E-state index contributed by atoms with van der Waals surface area (Å²) < 4.78 is 7.62. The molecule has 6 nitrogen and oxygen atoms in total. The minimum atomic E-state index is -0.0343. The van der Waals surface area contributed by atoms with Gasteiger partial charge >= 0.3 is 0 Å². The fourth-order valence-electron chi connectivity index (χ4n) is 2.94. The van der Waals surface area contributed by atoms with Crippen molar-refractivity contribution in [1.29, 1.82) is 0 Å². The molecule has 1 heterocycles. The lowest BCUT2D eigenvalue weighted by molar-refractivity contribution is -0.131. The first-order chi connectivity index (χ1) is 13.5. The molecule has 0 unspecified atom stereocenters. The maximum absolute atomic E-state index is 12.8. The van der Waals surface area contributed by atoms with Gasteiger partial charge in [-0.15, -0.1) is 0 Å². The van der Waals surface area contributed by atoms with Gasteiger partial charge in [0.25, 0.3) is 0 Å². The highest BCUT2D eigenvalue weighted by Gasteiger charge is 2.16. The molecule has 0 bridgehead atoms. The first-order valence-electron chi connectivity index (χ1n) is 9.16. The lowest BCUT2D eigenvalue weighted by Crippen LogP contribution is -2.30. The quantitative estimate of drug-likeness (QED) is 0.614. The molecular formula is C21H24N4O2S. The normalized spacial score (nSPS) is 10.7. The second-order valence-corrected chi connectivity index (χ2v) is 6.96. The highest BCUT2D eigenvalue weighted by Crippen LogP contribution is 2.21. The van der Waals surface area contributed by atoms with Crippen molar-refractivity contribution in [2.24, 2.45) is 0 Å². The Morgan fingerprint density at radius 1 is 1.21 bits per heavy atom. The predicted octanol–water partition coefficient (Wildman–Crippen LogP) is 3.97. The molecular weight excluding hydrogens is 372 g/mol. The van der Waals surface area contributed by atoms with Crippen LogP contribution in [-0.4, -0.2) is 39.2 Å². The number of nitrogens with one attached hydrogen (secondary N) is 1. The third kappa shape index (κ3) is 4.48. The van der Waals surface area contributed by atoms with Crippen LogP contribution in [0.15, 0.2) is 48.5 Å². The van der Waals surface area contributed by atoms with Crippen molar-refractivity contribution in [2.75, 3.05) is 13.7 Å². The van der Waals surface area contributed by atoms with Gasteiger partial charge in [0.05, 0.1) is 6.61 Å². The number of rotatable bonds is 7. The van der Waals surface area contributed by atoms with Crippen LogP contribution in [0.4, 0.5) is 0 Å². The van der Waals surface area contributed by atoms with Crippen molar-refractivity contribution < 1.29 is 9.53 Å². The number of amides is 1. The van der Waals surface area contributed by atoms with Gasteiger partial charge in [-0.3, -0.25) is 14.5 Å². The summed E-state index contributed by atoms with van der Waals surface area (Å²) in [6.45, 7) is 5.27. The van der Waals surface area contributed by atoms with Crippen LogP contribution in [0.2, 0.25) is 0 Å². The van der Waals surface area contributed by atoms with E-state index in [1.807, 2.05) is 62.4 Å². The molecule has 146 valence electrons. The lowest BCUT2D eigenvalue weighted by Gasteiger charge is -2.19. The summed E-state index contributed by atoms with van der Waals surface area (Å²) >= 11 is 5.35. The van der Waals surface area contributed by atoms with Crippen LogP contribution in [0, 0.1) is 11.7 Å². The van der Waals surface area contributed by atoms with Gasteiger partial charge in [-0.2, -0.15) is 5.10 Å². The lowest BCUT2D eigenvalue weighted by atomic mass is 10.1. The maximum Gasteiger partial charge on any atom is 0.242 e. The molecule has 0 fully saturated rings. The Morgan fingerprint density at radius 3 is 2.61 bits per heavy atom. The number of H-pyrrole nitrogens is 1. The number of aromatic nitrogens is 3. The van der Waals surface area contributed by atoms with E-state index >= 15 is 0 Å². The largest absolute Gasteiger partial charge is 0.494 e. The minimum absolute atomic E-state index is 0.0343. The van der Waals surface area contributed by atoms with Gasteiger partial charge in [-0.05, 0) is 61.5 Å². The van der Waals surface area contributed by atoms with Gasteiger partial charge in [0.15, 0.2) is 10.6 Å². The number of aryl methyl sites for hydroxylation is 1. The number of aromatic amines is 1. The van der Waals surface area contributed by atoms with Crippen LogP contribution in [-0.2, 0) is 17.9 Å². The van der Waals surface area contributed by atoms with E-state index in [0.717, 1.165) is 22.4 Å². The minimum Gasteiger partial charge on any atom is -0.494 e. The van der Waals surface area contributed by atoms with Crippen LogP contribution in [0.5, 0.6) is 5.75 Å². The van der Waals surface area contributed by atoms with E-state index in [1.54, 1.807) is 16.5 Å². The topological polar surface area (TPSA) is 63.1 Å². The number of carbonyl (C=O) groups excluding carboxylic acids is 1. The molecule has 3 aromatic rings. The Bertz CT molecular complexity index is 1010. The van der Waals surface area contributed by atoms with Gasteiger partial charge in [0, 0.05) is 19.2 Å². The van der Waals surface area contributed by atoms with E-state index in [-0.39, 0.29) is 12.5 Å². The smallest absolute Gasteiger partial charge is 0.242 e. The molecule has 7 heteroatoms. The summed E-state index contributed by atoms with van der Waals surface area (Å²) in [7, 11) is 1.80. The fraction of sp³-hybridized carbons (Fsp3) is 0.286. The summed E-state index contributed by atoms with van der Waals surface area (Å²) in [5, 5.41) is 7.10. The molecule has 1 N–H and O–H groups in total. The summed E-state index contributed by atoms with van der Waals surface area (Å²) in [5.41, 5.74) is 3.16. The van der Waals surface area contributed by atoms with Crippen molar-refractivity contribution in [3.8, 4) is 17.1 Å². The van der Waals surface area contributed by atoms with Crippen LogP contribution < -0.4 is 4.74 Å². The Morgan fingerprint density at radius 2 is 1.93 bits per heavy atom. The molecule has 0 atom stereocenters. The third-order valence-electron chi connectivity index (χ3n) is 4.57. The number of carbonyl (C=O) groups is 1. The molecule has 1 amide bonds. The van der Waals surface area contributed by atoms with Crippen LogP contribution in [0.1, 0.15) is 18.1 Å². The predicted molar refractivity (Wildman–Crippen MR) is 112 cm³/mol. The number of nitrogens with zero attached hydrogens (tertiary/aromatic N) is 3. The monoisotopic (exact) mass is 396 g/mol. The van der Waals surface area contributed by atoms with Gasteiger partial charge < -0.3 is 9.64 Å². The first kappa shape index (κ1) is 19.8. The van der Waals surface area contributed by atoms with Gasteiger partial charge in [0.2, 0.25) is 5.91 Å². The van der Waals surface area contributed by atoms with E-state index in [1.165, 1.54) is 0 Å². The summed E-state index contributed by atoms with van der Waals surface area (Å²) in [4.78, 5) is 14.5. The molecule has 3 rings (SSSR count). The van der Waals surface area contributed by atoms with Gasteiger partial charge in [-0.1, -0.05) is 24.3 Å². The average molecular weight is 397 g/mol. The molecule has 0 spiro atoms. The summed E-state index contributed by atoms with van der Waals surface area (Å²) in [5.74, 6) is 1.39. The van der Waals surface area contributed by atoms with E-state index in [9.17, 15) is 4.79 Å². The fourth-order valence-corrected chi connectivity index (χ4v) is 3.14. The molecule has 2 aromatic carbocycles. The van der Waals surface area contributed by atoms with Crippen molar-refractivity contribution in [1.82, 2.24) is 19.7 Å². The van der Waals surface area contributed by atoms with E-state index in [2.05, 4.69) is 10.2 Å². The van der Waals surface area contributed by atoms with E-state index in [0.29, 0.717) is 23.7 Å². The molecule has 28 heavy (non-hydrogen) atoms. The Labute approximate surface area is 169 Å². The summed E-state index contributed by atoms with van der Waals surface area (Å²) in [6.07, 6.45) is 0. The van der Waals surface area contributed by atoms with Crippen LogP contribution in [0.25, 0.3) is 11.4 Å². The second-order valence-electron chi connectivity index (χ2n) is 6.57. The van der Waals surface area contributed by atoms with Crippen LogP contribution in [0.3, 0.4) is 0 Å². The average Bonchev–Trinajstić information content (AvgIpc) is 3.05.